The molecule has 2 aromatic heterocycles. The van der Waals surface area contributed by atoms with Crippen LogP contribution in [0.3, 0.4) is 0 Å². The van der Waals surface area contributed by atoms with Gasteiger partial charge in [0, 0.05) is 24.0 Å². The highest BCUT2D eigenvalue weighted by Crippen LogP contribution is 2.27. The van der Waals surface area contributed by atoms with Crippen molar-refractivity contribution in [1.82, 2.24) is 25.1 Å². The SMILES string of the molecule is Cc1ccccc1-c1nc(Nc2n[nH]c3ccccc23)nc(N2CCCCC2)n1. The number of para-hydroxylation sites is 1. The van der Waals surface area contributed by atoms with Crippen LogP contribution >= 0.6 is 0 Å². The number of nitrogens with one attached hydrogen (secondary N) is 2. The minimum absolute atomic E-state index is 0.510. The summed E-state index contributed by atoms with van der Waals surface area (Å²) in [5.41, 5.74) is 3.13. The Hall–Kier alpha value is -3.48. The molecule has 0 bridgehead atoms. The zero-order valence-corrected chi connectivity index (χ0v) is 16.4. The van der Waals surface area contributed by atoms with E-state index in [4.69, 9.17) is 15.0 Å². The molecule has 1 aliphatic heterocycles. The number of fused-ring (bicyclic) bond motifs is 1. The molecule has 146 valence electrons. The van der Waals surface area contributed by atoms with E-state index in [0.29, 0.717) is 17.6 Å². The Morgan fingerprint density at radius 1 is 0.897 bits per heavy atom. The van der Waals surface area contributed by atoms with E-state index >= 15 is 0 Å². The highest BCUT2D eigenvalue weighted by Gasteiger charge is 2.18. The number of rotatable bonds is 4. The van der Waals surface area contributed by atoms with Gasteiger partial charge in [0.2, 0.25) is 11.9 Å². The molecule has 1 saturated heterocycles. The minimum atomic E-state index is 0.510. The van der Waals surface area contributed by atoms with Crippen molar-refractivity contribution in [2.24, 2.45) is 0 Å². The van der Waals surface area contributed by atoms with Crippen molar-refractivity contribution in [2.75, 3.05) is 23.3 Å². The van der Waals surface area contributed by atoms with Gasteiger partial charge in [0.25, 0.3) is 0 Å². The number of piperidine rings is 1. The molecule has 0 spiro atoms. The molecule has 2 N–H and O–H groups in total. The molecule has 0 unspecified atom stereocenters. The van der Waals surface area contributed by atoms with Gasteiger partial charge in [-0.05, 0) is 43.9 Å². The predicted molar refractivity (Wildman–Crippen MR) is 115 cm³/mol. The van der Waals surface area contributed by atoms with E-state index in [2.05, 4.69) is 39.5 Å². The van der Waals surface area contributed by atoms with Gasteiger partial charge in [0.05, 0.1) is 5.52 Å². The summed E-state index contributed by atoms with van der Waals surface area (Å²) < 4.78 is 0. The van der Waals surface area contributed by atoms with Gasteiger partial charge in [-0.15, -0.1) is 0 Å². The van der Waals surface area contributed by atoms with Crippen LogP contribution in [-0.4, -0.2) is 38.2 Å². The van der Waals surface area contributed by atoms with E-state index in [-0.39, 0.29) is 0 Å². The fraction of sp³-hybridized carbons (Fsp3) is 0.273. The lowest BCUT2D eigenvalue weighted by Crippen LogP contribution is -2.31. The summed E-state index contributed by atoms with van der Waals surface area (Å²) in [5, 5.41) is 11.8. The Morgan fingerprint density at radius 2 is 1.69 bits per heavy atom. The van der Waals surface area contributed by atoms with Crippen molar-refractivity contribution in [3.05, 3.63) is 54.1 Å². The van der Waals surface area contributed by atoms with Gasteiger partial charge >= 0.3 is 0 Å². The standard InChI is InChI=1S/C22H23N7/c1-15-9-3-4-10-16(15)19-23-21(26-22(25-19)29-13-7-2-8-14-29)24-20-17-11-5-6-12-18(17)27-28-20/h3-6,9-12H,2,7-8,13-14H2,1H3,(H2,23,24,25,26,27,28). The van der Waals surface area contributed by atoms with Crippen molar-refractivity contribution in [3.8, 4) is 11.4 Å². The van der Waals surface area contributed by atoms with Crippen LogP contribution in [0.4, 0.5) is 17.7 Å². The van der Waals surface area contributed by atoms with E-state index in [1.807, 2.05) is 36.4 Å². The summed E-state index contributed by atoms with van der Waals surface area (Å²) >= 11 is 0. The van der Waals surface area contributed by atoms with Crippen LogP contribution in [0.2, 0.25) is 0 Å². The van der Waals surface area contributed by atoms with Gasteiger partial charge in [-0.25, -0.2) is 0 Å². The summed E-state index contributed by atoms with van der Waals surface area (Å²) in [6.45, 7) is 4.03. The first-order chi connectivity index (χ1) is 14.3. The molecule has 0 amide bonds. The number of anilines is 3. The van der Waals surface area contributed by atoms with Crippen molar-refractivity contribution in [2.45, 2.75) is 26.2 Å². The maximum Gasteiger partial charge on any atom is 0.233 e. The van der Waals surface area contributed by atoms with Crippen LogP contribution in [-0.2, 0) is 0 Å². The fourth-order valence-corrected chi connectivity index (χ4v) is 3.76. The zero-order chi connectivity index (χ0) is 19.6. The van der Waals surface area contributed by atoms with E-state index < -0.39 is 0 Å². The average molecular weight is 385 g/mol. The summed E-state index contributed by atoms with van der Waals surface area (Å²) in [6.07, 6.45) is 3.59. The average Bonchev–Trinajstić information content (AvgIpc) is 3.17. The third-order valence-electron chi connectivity index (χ3n) is 5.35. The molecule has 5 rings (SSSR count). The molecule has 1 aliphatic rings. The number of H-pyrrole nitrogens is 1. The first-order valence-corrected chi connectivity index (χ1v) is 10.0. The Balaban J connectivity index is 1.58. The maximum atomic E-state index is 4.82. The van der Waals surface area contributed by atoms with Crippen molar-refractivity contribution < 1.29 is 0 Å². The van der Waals surface area contributed by atoms with Crippen LogP contribution < -0.4 is 10.2 Å². The Kier molecular flexibility index (Phi) is 4.56. The van der Waals surface area contributed by atoms with E-state index in [9.17, 15) is 0 Å². The lowest BCUT2D eigenvalue weighted by Gasteiger charge is -2.27. The number of benzene rings is 2. The first-order valence-electron chi connectivity index (χ1n) is 10.0. The van der Waals surface area contributed by atoms with E-state index in [0.717, 1.165) is 53.9 Å². The van der Waals surface area contributed by atoms with Gasteiger partial charge in [0.1, 0.15) is 0 Å². The normalized spacial score (nSPS) is 14.3. The quantitative estimate of drug-likeness (QED) is 0.540. The molecule has 0 saturated carbocycles. The molecular formula is C22H23N7. The molecule has 29 heavy (non-hydrogen) atoms. The molecule has 0 radical (unpaired) electrons. The molecule has 3 heterocycles. The Bertz CT molecular complexity index is 1140. The summed E-state index contributed by atoms with van der Waals surface area (Å²) in [4.78, 5) is 16.5. The number of aromatic amines is 1. The lowest BCUT2D eigenvalue weighted by atomic mass is 10.1. The molecule has 7 nitrogen and oxygen atoms in total. The zero-order valence-electron chi connectivity index (χ0n) is 16.4. The van der Waals surface area contributed by atoms with Crippen LogP contribution in [0.5, 0.6) is 0 Å². The van der Waals surface area contributed by atoms with Crippen molar-refractivity contribution in [1.29, 1.82) is 0 Å². The van der Waals surface area contributed by atoms with Crippen LogP contribution in [0.1, 0.15) is 24.8 Å². The highest BCUT2D eigenvalue weighted by molar-refractivity contribution is 5.90. The van der Waals surface area contributed by atoms with Gasteiger partial charge in [-0.1, -0.05) is 36.4 Å². The maximum absolute atomic E-state index is 4.82. The number of hydrogen-bond donors (Lipinski definition) is 2. The van der Waals surface area contributed by atoms with Crippen LogP contribution in [0.25, 0.3) is 22.3 Å². The summed E-state index contributed by atoms with van der Waals surface area (Å²) in [7, 11) is 0. The molecule has 0 atom stereocenters. The number of aryl methyl sites for hydroxylation is 1. The third-order valence-corrected chi connectivity index (χ3v) is 5.35. The summed E-state index contributed by atoms with van der Waals surface area (Å²) in [5.74, 6) is 2.63. The second-order valence-electron chi connectivity index (χ2n) is 7.39. The molecule has 0 aliphatic carbocycles. The first kappa shape index (κ1) is 17.6. The Morgan fingerprint density at radius 3 is 2.55 bits per heavy atom. The van der Waals surface area contributed by atoms with Crippen molar-refractivity contribution in [3.63, 3.8) is 0 Å². The molecule has 1 fully saturated rings. The third kappa shape index (κ3) is 3.51. The highest BCUT2D eigenvalue weighted by atomic mass is 15.3. The Labute approximate surface area is 169 Å². The molecule has 2 aromatic carbocycles. The largest absolute Gasteiger partial charge is 0.341 e. The number of nitrogens with zero attached hydrogens (tertiary/aromatic N) is 5. The second kappa shape index (κ2) is 7.50. The van der Waals surface area contributed by atoms with E-state index in [1.54, 1.807) is 0 Å². The minimum Gasteiger partial charge on any atom is -0.341 e. The van der Waals surface area contributed by atoms with Crippen LogP contribution in [0, 0.1) is 6.92 Å². The van der Waals surface area contributed by atoms with Gasteiger partial charge in [0.15, 0.2) is 11.6 Å². The number of aromatic nitrogens is 5. The van der Waals surface area contributed by atoms with Crippen molar-refractivity contribution >= 4 is 28.6 Å². The molecule has 7 heteroatoms. The second-order valence-corrected chi connectivity index (χ2v) is 7.39. The van der Waals surface area contributed by atoms with Gasteiger partial charge in [-0.3, -0.25) is 5.10 Å². The lowest BCUT2D eigenvalue weighted by molar-refractivity contribution is 0.568. The smallest absolute Gasteiger partial charge is 0.233 e. The molecule has 4 aromatic rings. The van der Waals surface area contributed by atoms with E-state index in [1.165, 1.54) is 6.42 Å². The number of hydrogen-bond acceptors (Lipinski definition) is 6. The summed E-state index contributed by atoms with van der Waals surface area (Å²) in [6, 6.07) is 16.2. The van der Waals surface area contributed by atoms with Gasteiger partial charge in [-0.2, -0.15) is 20.1 Å². The topological polar surface area (TPSA) is 82.6 Å². The molecular weight excluding hydrogens is 362 g/mol. The monoisotopic (exact) mass is 385 g/mol. The van der Waals surface area contributed by atoms with Gasteiger partial charge < -0.3 is 10.2 Å². The van der Waals surface area contributed by atoms with Crippen LogP contribution in [0.15, 0.2) is 48.5 Å². The fourth-order valence-electron chi connectivity index (χ4n) is 3.76. The predicted octanol–water partition coefficient (Wildman–Crippen LogP) is 4.46.